The highest BCUT2D eigenvalue weighted by Crippen LogP contribution is 2.29. The van der Waals surface area contributed by atoms with E-state index in [1.54, 1.807) is 0 Å². The third kappa shape index (κ3) is 2.25. The molecule has 1 aromatic carbocycles. The van der Waals surface area contributed by atoms with E-state index in [0.717, 1.165) is 31.1 Å². The van der Waals surface area contributed by atoms with Crippen LogP contribution in [0.15, 0.2) is 33.7 Å². The molecule has 0 amide bonds. The minimum Gasteiger partial charge on any atom is -0.398 e. The molecule has 0 spiro atoms. The maximum absolute atomic E-state index is 5.99. The van der Waals surface area contributed by atoms with Gasteiger partial charge in [0.1, 0.15) is 6.54 Å². The third-order valence-corrected chi connectivity index (χ3v) is 4.56. The molecule has 0 atom stereocenters. The van der Waals surface area contributed by atoms with Gasteiger partial charge in [-0.3, -0.25) is 0 Å². The van der Waals surface area contributed by atoms with Crippen LogP contribution < -0.4 is 4.57 Å². The van der Waals surface area contributed by atoms with E-state index in [1.165, 1.54) is 16.3 Å². The number of fused-ring (bicyclic) bond motifs is 1. The highest BCUT2D eigenvalue weighted by molar-refractivity contribution is 8.03. The van der Waals surface area contributed by atoms with Crippen LogP contribution in [0.1, 0.15) is 19.7 Å². The van der Waals surface area contributed by atoms with Crippen LogP contribution in [0.4, 0.5) is 0 Å². The van der Waals surface area contributed by atoms with E-state index < -0.39 is 0 Å². The van der Waals surface area contributed by atoms with Crippen molar-refractivity contribution in [3.05, 3.63) is 35.2 Å². The van der Waals surface area contributed by atoms with Crippen molar-refractivity contribution >= 4 is 28.9 Å². The zero-order valence-corrected chi connectivity index (χ0v) is 12.2. The molecular weight excluding hydrogens is 256 g/mol. The summed E-state index contributed by atoms with van der Waals surface area (Å²) >= 11 is 1.91. The minimum atomic E-state index is 0.924. The van der Waals surface area contributed by atoms with Crippen LogP contribution in [0.25, 0.3) is 17.2 Å². The standard InChI is InChI=1S/C15H19N2OS/c1-3-16-9-10-19-15(16)11-14-17(4-2)12-7-5-6-8-13(12)18-14/h5-8,11H,3-4,9-10H2,1-2H3/q+1. The number of benzene rings is 1. The monoisotopic (exact) mass is 275 g/mol. The summed E-state index contributed by atoms with van der Waals surface area (Å²) in [6.45, 7) is 7.48. The predicted octanol–water partition coefficient (Wildman–Crippen LogP) is 3.11. The second-order valence-electron chi connectivity index (χ2n) is 4.56. The zero-order chi connectivity index (χ0) is 13.2. The zero-order valence-electron chi connectivity index (χ0n) is 11.4. The number of thioether (sulfide) groups is 1. The molecule has 4 heteroatoms. The molecule has 1 fully saturated rings. The van der Waals surface area contributed by atoms with Gasteiger partial charge < -0.3 is 9.32 Å². The lowest BCUT2D eigenvalue weighted by Gasteiger charge is -2.14. The second-order valence-corrected chi connectivity index (χ2v) is 5.68. The average molecular weight is 275 g/mol. The van der Waals surface area contributed by atoms with Crippen molar-refractivity contribution in [2.24, 2.45) is 0 Å². The smallest absolute Gasteiger partial charge is 0.376 e. The average Bonchev–Trinajstić information content (AvgIpc) is 3.02. The molecule has 0 saturated carbocycles. The van der Waals surface area contributed by atoms with Gasteiger partial charge in [-0.2, -0.15) is 4.57 Å². The van der Waals surface area contributed by atoms with Gasteiger partial charge in [-0.25, -0.2) is 0 Å². The molecule has 1 aliphatic heterocycles. The summed E-state index contributed by atoms with van der Waals surface area (Å²) < 4.78 is 8.22. The Morgan fingerprint density at radius 1 is 1.37 bits per heavy atom. The molecule has 3 rings (SSSR count). The maximum Gasteiger partial charge on any atom is 0.376 e. The van der Waals surface area contributed by atoms with Crippen molar-refractivity contribution in [1.29, 1.82) is 0 Å². The molecule has 100 valence electrons. The van der Waals surface area contributed by atoms with Gasteiger partial charge in [0.15, 0.2) is 0 Å². The van der Waals surface area contributed by atoms with Crippen molar-refractivity contribution in [3.8, 4) is 0 Å². The van der Waals surface area contributed by atoms with E-state index in [9.17, 15) is 0 Å². The molecule has 2 heterocycles. The first kappa shape index (κ1) is 12.6. The summed E-state index contributed by atoms with van der Waals surface area (Å²) in [5.41, 5.74) is 2.13. The Bertz CT molecular complexity index is 618. The van der Waals surface area contributed by atoms with Gasteiger partial charge >= 0.3 is 5.89 Å². The van der Waals surface area contributed by atoms with Gasteiger partial charge in [-0.05, 0) is 19.9 Å². The van der Waals surface area contributed by atoms with Crippen LogP contribution in [-0.2, 0) is 6.54 Å². The molecule has 0 bridgehead atoms. The van der Waals surface area contributed by atoms with Gasteiger partial charge in [-0.1, -0.05) is 12.1 Å². The molecule has 1 aromatic heterocycles. The fraction of sp³-hybridized carbons (Fsp3) is 0.400. The first-order chi connectivity index (χ1) is 9.33. The Balaban J connectivity index is 2.07. The van der Waals surface area contributed by atoms with Crippen molar-refractivity contribution in [3.63, 3.8) is 0 Å². The summed E-state index contributed by atoms with van der Waals surface area (Å²) in [6.07, 6.45) is 2.19. The topological polar surface area (TPSA) is 20.3 Å². The largest absolute Gasteiger partial charge is 0.398 e. The molecule has 0 radical (unpaired) electrons. The number of nitrogens with zero attached hydrogens (tertiary/aromatic N) is 2. The molecule has 0 N–H and O–H groups in total. The third-order valence-electron chi connectivity index (χ3n) is 3.50. The highest BCUT2D eigenvalue weighted by Gasteiger charge is 2.23. The summed E-state index contributed by atoms with van der Waals surface area (Å²) in [6, 6.07) is 8.22. The first-order valence-corrected chi connectivity index (χ1v) is 7.83. The lowest BCUT2D eigenvalue weighted by molar-refractivity contribution is -0.674. The van der Waals surface area contributed by atoms with E-state index in [-0.39, 0.29) is 0 Å². The van der Waals surface area contributed by atoms with Crippen LogP contribution >= 0.6 is 11.8 Å². The van der Waals surface area contributed by atoms with E-state index in [0.29, 0.717) is 0 Å². The lowest BCUT2D eigenvalue weighted by atomic mass is 10.3. The Morgan fingerprint density at radius 3 is 3.00 bits per heavy atom. The molecular formula is C15H19N2OS+. The summed E-state index contributed by atoms with van der Waals surface area (Å²) in [5, 5.41) is 1.32. The van der Waals surface area contributed by atoms with Gasteiger partial charge in [0.25, 0.3) is 5.52 Å². The predicted molar refractivity (Wildman–Crippen MR) is 79.8 cm³/mol. The van der Waals surface area contributed by atoms with Crippen LogP contribution in [0.5, 0.6) is 0 Å². The van der Waals surface area contributed by atoms with Crippen molar-refractivity contribution in [2.45, 2.75) is 20.4 Å². The van der Waals surface area contributed by atoms with Gasteiger partial charge in [0.2, 0.25) is 5.58 Å². The normalized spacial score (nSPS) is 17.8. The molecule has 0 aliphatic carbocycles. The van der Waals surface area contributed by atoms with Gasteiger partial charge in [-0.15, -0.1) is 11.8 Å². The first-order valence-electron chi connectivity index (χ1n) is 6.84. The number of hydrogen-bond acceptors (Lipinski definition) is 3. The summed E-state index contributed by atoms with van der Waals surface area (Å²) in [5.74, 6) is 2.12. The van der Waals surface area contributed by atoms with E-state index in [2.05, 4.69) is 41.5 Å². The van der Waals surface area contributed by atoms with Crippen LogP contribution in [0.3, 0.4) is 0 Å². The lowest BCUT2D eigenvalue weighted by Crippen LogP contribution is -2.34. The molecule has 2 aromatic rings. The van der Waals surface area contributed by atoms with Crippen LogP contribution in [-0.4, -0.2) is 23.7 Å². The maximum atomic E-state index is 5.99. The Morgan fingerprint density at radius 2 is 2.21 bits per heavy atom. The van der Waals surface area contributed by atoms with E-state index >= 15 is 0 Å². The second kappa shape index (κ2) is 5.29. The number of aryl methyl sites for hydroxylation is 1. The van der Waals surface area contributed by atoms with E-state index in [4.69, 9.17) is 4.42 Å². The highest BCUT2D eigenvalue weighted by atomic mass is 32.2. The van der Waals surface area contributed by atoms with Crippen molar-refractivity contribution in [2.75, 3.05) is 18.8 Å². The Kier molecular flexibility index (Phi) is 3.51. The number of oxazole rings is 1. The van der Waals surface area contributed by atoms with Gasteiger partial charge in [0.05, 0.1) is 11.1 Å². The Hall–Kier alpha value is -1.42. The Labute approximate surface area is 117 Å². The number of para-hydroxylation sites is 2. The fourth-order valence-corrected chi connectivity index (χ4v) is 3.61. The number of aromatic nitrogens is 1. The van der Waals surface area contributed by atoms with Crippen molar-refractivity contribution < 1.29 is 8.98 Å². The minimum absolute atomic E-state index is 0.924. The van der Waals surface area contributed by atoms with Gasteiger partial charge in [0, 0.05) is 24.9 Å². The summed E-state index contributed by atoms with van der Waals surface area (Å²) in [7, 11) is 0. The molecule has 1 aliphatic rings. The molecule has 0 unspecified atom stereocenters. The van der Waals surface area contributed by atoms with Crippen LogP contribution in [0.2, 0.25) is 0 Å². The van der Waals surface area contributed by atoms with Crippen LogP contribution in [0, 0.1) is 0 Å². The fourth-order valence-electron chi connectivity index (χ4n) is 2.50. The molecule has 19 heavy (non-hydrogen) atoms. The molecule has 1 saturated heterocycles. The molecule has 3 nitrogen and oxygen atoms in total. The quantitative estimate of drug-likeness (QED) is 0.803. The summed E-state index contributed by atoms with van der Waals surface area (Å²) in [4.78, 5) is 2.40. The number of hydrogen-bond donors (Lipinski definition) is 0. The number of rotatable bonds is 3. The van der Waals surface area contributed by atoms with E-state index in [1.807, 2.05) is 23.9 Å². The van der Waals surface area contributed by atoms with Crippen molar-refractivity contribution in [1.82, 2.24) is 4.90 Å². The SMILES string of the molecule is CCN1CCS/C1=C\c1oc2ccccc2[n+]1CC.